The molecule has 5 nitrogen and oxygen atoms in total. The zero-order valence-electron chi connectivity index (χ0n) is 14.5. The molecule has 1 atom stereocenters. The van der Waals surface area contributed by atoms with Gasteiger partial charge in [-0.15, -0.1) is 11.3 Å². The topological polar surface area (TPSA) is 53.5 Å². The van der Waals surface area contributed by atoms with Crippen molar-refractivity contribution in [3.05, 3.63) is 65.2 Å². The van der Waals surface area contributed by atoms with Gasteiger partial charge >= 0.3 is 0 Å². The van der Waals surface area contributed by atoms with Gasteiger partial charge in [0, 0.05) is 0 Å². The summed E-state index contributed by atoms with van der Waals surface area (Å²) in [7, 11) is 1.88. The highest BCUT2D eigenvalue weighted by Crippen LogP contribution is 2.25. The third-order valence-corrected chi connectivity index (χ3v) is 5.68. The maximum absolute atomic E-state index is 12.8. The lowest BCUT2D eigenvalue weighted by molar-refractivity contribution is -0.140. The number of hydrogen-bond donors (Lipinski definition) is 0. The van der Waals surface area contributed by atoms with E-state index in [9.17, 15) is 9.59 Å². The van der Waals surface area contributed by atoms with Crippen LogP contribution in [0.2, 0.25) is 0 Å². The van der Waals surface area contributed by atoms with Crippen LogP contribution in [-0.2, 0) is 22.7 Å². The van der Waals surface area contributed by atoms with Gasteiger partial charge < -0.3 is 0 Å². The molecular formula is C20H19N3O2S. The van der Waals surface area contributed by atoms with Crippen molar-refractivity contribution in [3.8, 4) is 0 Å². The number of aromatic nitrogens is 1. The van der Waals surface area contributed by atoms with Gasteiger partial charge in [-0.3, -0.25) is 19.4 Å². The standard InChI is InChI=1S/C20H19N3O2S/c1-22(13-18-21-15-9-5-6-10-17(15)26-18)16-11-19(24)23(20(16)25)12-14-7-3-2-4-8-14/h2-10,16H,11-13H2,1H3/t16-/m0/s1. The van der Waals surface area contributed by atoms with E-state index in [2.05, 4.69) is 4.98 Å². The lowest BCUT2D eigenvalue weighted by Crippen LogP contribution is -2.39. The number of amides is 2. The molecule has 2 aromatic carbocycles. The molecular weight excluding hydrogens is 346 g/mol. The number of likely N-dealkylation sites (N-methyl/N-ethyl adjacent to an activating group) is 1. The molecule has 1 fully saturated rings. The summed E-state index contributed by atoms with van der Waals surface area (Å²) >= 11 is 1.63. The van der Waals surface area contributed by atoms with Crippen LogP contribution in [0.3, 0.4) is 0 Å². The average Bonchev–Trinajstić information content (AvgIpc) is 3.17. The summed E-state index contributed by atoms with van der Waals surface area (Å²) in [5.74, 6) is -0.234. The Hall–Kier alpha value is -2.57. The molecule has 0 aliphatic carbocycles. The van der Waals surface area contributed by atoms with E-state index < -0.39 is 6.04 Å². The Bertz CT molecular complexity index is 921. The fourth-order valence-electron chi connectivity index (χ4n) is 3.25. The molecule has 2 heterocycles. The highest BCUT2D eigenvalue weighted by Gasteiger charge is 2.40. The van der Waals surface area contributed by atoms with Crippen LogP contribution in [-0.4, -0.2) is 39.7 Å². The van der Waals surface area contributed by atoms with E-state index in [0.29, 0.717) is 13.1 Å². The maximum Gasteiger partial charge on any atom is 0.247 e. The Morgan fingerprint density at radius 3 is 2.62 bits per heavy atom. The van der Waals surface area contributed by atoms with E-state index in [1.165, 1.54) is 4.90 Å². The fraction of sp³-hybridized carbons (Fsp3) is 0.250. The van der Waals surface area contributed by atoms with Gasteiger partial charge in [0.05, 0.1) is 35.8 Å². The molecule has 132 valence electrons. The third kappa shape index (κ3) is 3.25. The summed E-state index contributed by atoms with van der Waals surface area (Å²) in [6, 6.07) is 17.2. The quantitative estimate of drug-likeness (QED) is 0.652. The van der Waals surface area contributed by atoms with Crippen LogP contribution < -0.4 is 0 Å². The SMILES string of the molecule is CN(Cc1nc2ccccc2s1)[C@H]1CC(=O)N(Cc2ccccc2)C1=O. The Balaban J connectivity index is 1.47. The lowest BCUT2D eigenvalue weighted by Gasteiger charge is -2.21. The highest BCUT2D eigenvalue weighted by atomic mass is 32.1. The molecule has 1 aliphatic heterocycles. The van der Waals surface area contributed by atoms with Gasteiger partial charge in [0.1, 0.15) is 5.01 Å². The second kappa shape index (κ2) is 6.97. The number of likely N-dealkylation sites (tertiary alicyclic amines) is 1. The van der Waals surface area contributed by atoms with Crippen molar-refractivity contribution in [1.82, 2.24) is 14.8 Å². The van der Waals surface area contributed by atoms with Crippen molar-refractivity contribution < 1.29 is 9.59 Å². The molecule has 1 aromatic heterocycles. The Kier molecular flexibility index (Phi) is 4.53. The number of benzene rings is 2. The molecule has 0 N–H and O–H groups in total. The van der Waals surface area contributed by atoms with E-state index in [4.69, 9.17) is 0 Å². The van der Waals surface area contributed by atoms with E-state index >= 15 is 0 Å². The second-order valence-corrected chi connectivity index (χ2v) is 7.63. The van der Waals surface area contributed by atoms with Crippen molar-refractivity contribution in [2.45, 2.75) is 25.6 Å². The minimum atomic E-state index is -0.418. The van der Waals surface area contributed by atoms with Gasteiger partial charge in [0.15, 0.2) is 0 Å². The molecule has 6 heteroatoms. The van der Waals surface area contributed by atoms with Crippen LogP contribution in [0.1, 0.15) is 17.0 Å². The van der Waals surface area contributed by atoms with Gasteiger partial charge in [-0.25, -0.2) is 4.98 Å². The van der Waals surface area contributed by atoms with Gasteiger partial charge in [-0.05, 0) is 24.7 Å². The van der Waals surface area contributed by atoms with Crippen molar-refractivity contribution in [1.29, 1.82) is 0 Å². The van der Waals surface area contributed by atoms with Crippen LogP contribution in [0.25, 0.3) is 10.2 Å². The first kappa shape index (κ1) is 16.9. The predicted molar refractivity (Wildman–Crippen MR) is 101 cm³/mol. The third-order valence-electron chi connectivity index (χ3n) is 4.66. The van der Waals surface area contributed by atoms with Crippen molar-refractivity contribution in [3.63, 3.8) is 0 Å². The molecule has 0 radical (unpaired) electrons. The van der Waals surface area contributed by atoms with Gasteiger partial charge in [-0.1, -0.05) is 42.5 Å². The number of thiazole rings is 1. The average molecular weight is 365 g/mol. The second-order valence-electron chi connectivity index (χ2n) is 6.51. The monoisotopic (exact) mass is 365 g/mol. The van der Waals surface area contributed by atoms with E-state index in [1.54, 1.807) is 11.3 Å². The van der Waals surface area contributed by atoms with Gasteiger partial charge in [0.2, 0.25) is 11.8 Å². The van der Waals surface area contributed by atoms with E-state index in [0.717, 1.165) is 20.8 Å². The van der Waals surface area contributed by atoms with E-state index in [1.807, 2.05) is 66.5 Å². The number of fused-ring (bicyclic) bond motifs is 1. The molecule has 0 bridgehead atoms. The summed E-state index contributed by atoms with van der Waals surface area (Å²) < 4.78 is 1.13. The number of nitrogens with zero attached hydrogens (tertiary/aromatic N) is 3. The molecule has 1 saturated heterocycles. The zero-order valence-corrected chi connectivity index (χ0v) is 15.3. The summed E-state index contributed by atoms with van der Waals surface area (Å²) in [5, 5.41) is 0.954. The molecule has 0 unspecified atom stereocenters. The maximum atomic E-state index is 12.8. The first-order chi connectivity index (χ1) is 12.6. The largest absolute Gasteiger partial charge is 0.288 e. The molecule has 26 heavy (non-hydrogen) atoms. The molecule has 2 amide bonds. The van der Waals surface area contributed by atoms with Crippen LogP contribution in [0, 0.1) is 0 Å². The zero-order chi connectivity index (χ0) is 18.1. The lowest BCUT2D eigenvalue weighted by atomic mass is 10.2. The van der Waals surface area contributed by atoms with Crippen LogP contribution in [0.15, 0.2) is 54.6 Å². The van der Waals surface area contributed by atoms with E-state index in [-0.39, 0.29) is 18.2 Å². The summed E-state index contributed by atoms with van der Waals surface area (Å²) in [5.41, 5.74) is 1.93. The number of carbonyl (C=O) groups excluding carboxylic acids is 2. The minimum Gasteiger partial charge on any atom is -0.288 e. The number of imide groups is 1. The number of rotatable bonds is 5. The predicted octanol–water partition coefficient (Wildman–Crippen LogP) is 3.06. The number of para-hydroxylation sites is 1. The normalized spacial score (nSPS) is 17.6. The Labute approximate surface area is 155 Å². The summed E-state index contributed by atoms with van der Waals surface area (Å²) in [4.78, 5) is 33.1. The molecule has 0 spiro atoms. The highest BCUT2D eigenvalue weighted by molar-refractivity contribution is 7.18. The number of carbonyl (C=O) groups is 2. The molecule has 0 saturated carbocycles. The van der Waals surface area contributed by atoms with Crippen molar-refractivity contribution in [2.24, 2.45) is 0 Å². The minimum absolute atomic E-state index is 0.111. The first-order valence-corrected chi connectivity index (χ1v) is 9.36. The van der Waals surface area contributed by atoms with Gasteiger partial charge in [-0.2, -0.15) is 0 Å². The van der Waals surface area contributed by atoms with Crippen molar-refractivity contribution in [2.75, 3.05) is 7.05 Å². The van der Waals surface area contributed by atoms with Crippen LogP contribution in [0.5, 0.6) is 0 Å². The fourth-order valence-corrected chi connectivity index (χ4v) is 4.28. The first-order valence-electron chi connectivity index (χ1n) is 8.54. The molecule has 3 aromatic rings. The summed E-state index contributed by atoms with van der Waals surface area (Å²) in [6.45, 7) is 0.895. The van der Waals surface area contributed by atoms with Gasteiger partial charge in [0.25, 0.3) is 0 Å². The van der Waals surface area contributed by atoms with Crippen LogP contribution in [0.4, 0.5) is 0 Å². The molecule has 4 rings (SSSR count). The smallest absolute Gasteiger partial charge is 0.247 e. The van der Waals surface area contributed by atoms with Crippen LogP contribution >= 0.6 is 11.3 Å². The Morgan fingerprint density at radius 2 is 1.85 bits per heavy atom. The van der Waals surface area contributed by atoms with Crippen molar-refractivity contribution >= 4 is 33.4 Å². The molecule has 1 aliphatic rings. The summed E-state index contributed by atoms with van der Waals surface area (Å²) in [6.07, 6.45) is 0.229. The number of hydrogen-bond acceptors (Lipinski definition) is 5. The Morgan fingerprint density at radius 1 is 1.12 bits per heavy atom.